The van der Waals surface area contributed by atoms with E-state index in [-0.39, 0.29) is 0 Å². The molecule has 94 valence electrons. The number of para-hydroxylation sites is 2. The molecule has 1 saturated heterocycles. The number of ether oxygens (including phenoxy) is 1. The minimum Gasteiger partial charge on any atom is -0.495 e. The van der Waals surface area contributed by atoms with Crippen molar-refractivity contribution in [2.24, 2.45) is 5.90 Å². The molecule has 0 spiro atoms. The van der Waals surface area contributed by atoms with E-state index in [1.807, 2.05) is 18.2 Å². The first-order valence-corrected chi connectivity index (χ1v) is 6.08. The second-order valence-electron chi connectivity index (χ2n) is 4.35. The molecule has 1 unspecified atom stereocenters. The maximum atomic E-state index is 5.41. The largest absolute Gasteiger partial charge is 0.495 e. The zero-order valence-electron chi connectivity index (χ0n) is 10.3. The summed E-state index contributed by atoms with van der Waals surface area (Å²) in [5.74, 6) is 6.13. The van der Waals surface area contributed by atoms with Crippen LogP contribution < -0.4 is 15.5 Å². The van der Waals surface area contributed by atoms with Crippen molar-refractivity contribution in [3.63, 3.8) is 0 Å². The summed E-state index contributed by atoms with van der Waals surface area (Å²) in [6.07, 6.45) is 3.56. The van der Waals surface area contributed by atoms with E-state index in [0.717, 1.165) is 24.4 Å². The average Bonchev–Trinajstić information content (AvgIpc) is 2.40. The van der Waals surface area contributed by atoms with E-state index >= 15 is 0 Å². The van der Waals surface area contributed by atoms with Gasteiger partial charge >= 0.3 is 0 Å². The molecule has 0 bridgehead atoms. The third-order valence-corrected chi connectivity index (χ3v) is 3.31. The van der Waals surface area contributed by atoms with Crippen LogP contribution in [0.25, 0.3) is 0 Å². The number of benzene rings is 1. The molecule has 0 radical (unpaired) electrons. The van der Waals surface area contributed by atoms with Gasteiger partial charge in [-0.3, -0.25) is 0 Å². The number of hydrogen-bond donors (Lipinski definition) is 1. The van der Waals surface area contributed by atoms with Crippen LogP contribution in [0.1, 0.15) is 19.3 Å². The van der Waals surface area contributed by atoms with Gasteiger partial charge in [-0.1, -0.05) is 12.1 Å². The number of anilines is 1. The fourth-order valence-electron chi connectivity index (χ4n) is 2.47. The predicted octanol–water partition coefficient (Wildman–Crippen LogP) is 1.94. The molecule has 17 heavy (non-hydrogen) atoms. The highest BCUT2D eigenvalue weighted by atomic mass is 16.6. The Balaban J connectivity index is 2.22. The maximum absolute atomic E-state index is 5.41. The van der Waals surface area contributed by atoms with E-state index < -0.39 is 0 Å². The maximum Gasteiger partial charge on any atom is 0.142 e. The fraction of sp³-hybridized carbons (Fsp3) is 0.538. The fourth-order valence-corrected chi connectivity index (χ4v) is 2.47. The Kier molecular flexibility index (Phi) is 4.23. The summed E-state index contributed by atoms with van der Waals surface area (Å²) in [7, 11) is 1.71. The molecule has 0 aliphatic carbocycles. The van der Waals surface area contributed by atoms with Crippen molar-refractivity contribution in [3.8, 4) is 5.75 Å². The standard InChI is InChI=1S/C13H20N2O2/c1-16-13-8-3-2-7-12(13)15-9-5-4-6-11(15)10-17-14/h2-3,7-8,11H,4-6,9-10,14H2,1H3. The summed E-state index contributed by atoms with van der Waals surface area (Å²) in [4.78, 5) is 7.17. The Morgan fingerprint density at radius 1 is 1.35 bits per heavy atom. The monoisotopic (exact) mass is 236 g/mol. The van der Waals surface area contributed by atoms with Gasteiger partial charge < -0.3 is 14.5 Å². The number of nitrogens with two attached hydrogens (primary N) is 1. The first-order chi connectivity index (χ1) is 8.36. The first-order valence-electron chi connectivity index (χ1n) is 6.08. The third-order valence-electron chi connectivity index (χ3n) is 3.31. The highest BCUT2D eigenvalue weighted by Gasteiger charge is 2.24. The van der Waals surface area contributed by atoms with E-state index in [4.69, 9.17) is 15.5 Å². The van der Waals surface area contributed by atoms with Crippen LogP contribution >= 0.6 is 0 Å². The number of nitrogens with zero attached hydrogens (tertiary/aromatic N) is 1. The summed E-state index contributed by atoms with van der Waals surface area (Å²) in [6.45, 7) is 1.60. The minimum absolute atomic E-state index is 0.352. The Morgan fingerprint density at radius 3 is 2.94 bits per heavy atom. The number of piperidine rings is 1. The molecular formula is C13H20N2O2. The molecule has 4 nitrogen and oxygen atoms in total. The molecule has 4 heteroatoms. The SMILES string of the molecule is COc1ccccc1N1CCCCC1CON. The van der Waals surface area contributed by atoms with Gasteiger partial charge in [0.2, 0.25) is 0 Å². The predicted molar refractivity (Wildman–Crippen MR) is 68.1 cm³/mol. The second-order valence-corrected chi connectivity index (χ2v) is 4.35. The molecule has 2 N–H and O–H groups in total. The number of methoxy groups -OCH3 is 1. The van der Waals surface area contributed by atoms with Crippen LogP contribution in [0.4, 0.5) is 5.69 Å². The van der Waals surface area contributed by atoms with Crippen LogP contribution in [0.3, 0.4) is 0 Å². The first kappa shape index (κ1) is 12.2. The van der Waals surface area contributed by atoms with Crippen LogP contribution in [-0.4, -0.2) is 26.3 Å². The molecule has 0 saturated carbocycles. The van der Waals surface area contributed by atoms with Gasteiger partial charge in [0.1, 0.15) is 5.75 Å². The van der Waals surface area contributed by atoms with Gasteiger partial charge in [-0.05, 0) is 31.4 Å². The van der Waals surface area contributed by atoms with E-state index in [0.29, 0.717) is 12.6 Å². The van der Waals surface area contributed by atoms with E-state index in [1.165, 1.54) is 12.8 Å². The van der Waals surface area contributed by atoms with Crippen LogP contribution in [0, 0.1) is 0 Å². The Hall–Kier alpha value is -1.26. The average molecular weight is 236 g/mol. The lowest BCUT2D eigenvalue weighted by atomic mass is 10.0. The Morgan fingerprint density at radius 2 is 2.18 bits per heavy atom. The van der Waals surface area contributed by atoms with E-state index in [1.54, 1.807) is 7.11 Å². The van der Waals surface area contributed by atoms with Crippen molar-refractivity contribution < 1.29 is 9.57 Å². The van der Waals surface area contributed by atoms with Gasteiger partial charge in [0.15, 0.2) is 0 Å². The van der Waals surface area contributed by atoms with Gasteiger partial charge in [-0.25, -0.2) is 5.90 Å². The highest BCUT2D eigenvalue weighted by Crippen LogP contribution is 2.32. The molecule has 1 fully saturated rings. The molecule has 0 amide bonds. The lowest BCUT2D eigenvalue weighted by molar-refractivity contribution is 0.114. The molecule has 1 atom stereocenters. The summed E-state index contributed by atoms with van der Waals surface area (Å²) in [5, 5.41) is 0. The second kappa shape index (κ2) is 5.89. The normalized spacial score (nSPS) is 20.4. The molecular weight excluding hydrogens is 216 g/mol. The van der Waals surface area contributed by atoms with Gasteiger partial charge in [0.05, 0.1) is 25.4 Å². The van der Waals surface area contributed by atoms with Crippen molar-refractivity contribution in [1.29, 1.82) is 0 Å². The summed E-state index contributed by atoms with van der Waals surface area (Å²) >= 11 is 0. The van der Waals surface area contributed by atoms with Crippen molar-refractivity contribution in [2.75, 3.05) is 25.2 Å². The van der Waals surface area contributed by atoms with Crippen LogP contribution in [0.15, 0.2) is 24.3 Å². The molecule has 1 aromatic rings. The highest BCUT2D eigenvalue weighted by molar-refractivity contribution is 5.59. The number of hydrogen-bond acceptors (Lipinski definition) is 4. The molecule has 1 aromatic carbocycles. The van der Waals surface area contributed by atoms with Gasteiger partial charge in [-0.15, -0.1) is 0 Å². The van der Waals surface area contributed by atoms with Crippen molar-refractivity contribution >= 4 is 5.69 Å². The summed E-state index contributed by atoms with van der Waals surface area (Å²) in [5.41, 5.74) is 1.14. The summed E-state index contributed by atoms with van der Waals surface area (Å²) < 4.78 is 5.41. The lowest BCUT2D eigenvalue weighted by Gasteiger charge is -2.37. The molecule has 2 rings (SSSR count). The van der Waals surface area contributed by atoms with Crippen molar-refractivity contribution in [3.05, 3.63) is 24.3 Å². The number of rotatable bonds is 4. The zero-order valence-corrected chi connectivity index (χ0v) is 10.3. The van der Waals surface area contributed by atoms with Gasteiger partial charge in [0, 0.05) is 6.54 Å². The van der Waals surface area contributed by atoms with E-state index in [9.17, 15) is 0 Å². The Labute approximate surface area is 102 Å². The van der Waals surface area contributed by atoms with Crippen molar-refractivity contribution in [2.45, 2.75) is 25.3 Å². The zero-order chi connectivity index (χ0) is 12.1. The quantitative estimate of drug-likeness (QED) is 0.812. The smallest absolute Gasteiger partial charge is 0.142 e. The van der Waals surface area contributed by atoms with E-state index in [2.05, 4.69) is 11.0 Å². The van der Waals surface area contributed by atoms with Crippen molar-refractivity contribution in [1.82, 2.24) is 0 Å². The minimum atomic E-state index is 0.352. The summed E-state index contributed by atoms with van der Waals surface area (Å²) in [6, 6.07) is 8.45. The molecule has 1 aliphatic rings. The molecule has 1 aliphatic heterocycles. The molecule has 1 heterocycles. The lowest BCUT2D eigenvalue weighted by Crippen LogP contribution is -2.43. The van der Waals surface area contributed by atoms with Crippen LogP contribution in [-0.2, 0) is 4.84 Å². The molecule has 0 aromatic heterocycles. The van der Waals surface area contributed by atoms with Crippen LogP contribution in [0.5, 0.6) is 5.75 Å². The van der Waals surface area contributed by atoms with Gasteiger partial charge in [-0.2, -0.15) is 0 Å². The van der Waals surface area contributed by atoms with Gasteiger partial charge in [0.25, 0.3) is 0 Å². The van der Waals surface area contributed by atoms with Crippen LogP contribution in [0.2, 0.25) is 0 Å². The topological polar surface area (TPSA) is 47.7 Å². The Bertz CT molecular complexity index is 355. The third kappa shape index (κ3) is 2.70.